The van der Waals surface area contributed by atoms with Crippen LogP contribution in [0, 0.1) is 0 Å². The van der Waals surface area contributed by atoms with Crippen LogP contribution in [0.3, 0.4) is 0 Å². The van der Waals surface area contributed by atoms with E-state index in [1.807, 2.05) is 6.92 Å². The molecule has 7 heteroatoms. The molecule has 0 bridgehead atoms. The van der Waals surface area contributed by atoms with Gasteiger partial charge in [-0.05, 0) is 6.42 Å². The van der Waals surface area contributed by atoms with Crippen LogP contribution >= 0.6 is 0 Å². The van der Waals surface area contributed by atoms with Gasteiger partial charge in [0.25, 0.3) is 0 Å². The van der Waals surface area contributed by atoms with Crippen LogP contribution in [-0.4, -0.2) is 60.5 Å². The summed E-state index contributed by atoms with van der Waals surface area (Å²) in [6, 6.07) is -0.791. The average molecular weight is 276 g/mol. The van der Waals surface area contributed by atoms with Crippen molar-refractivity contribution in [3.63, 3.8) is 0 Å². The molecule has 0 aliphatic rings. The van der Waals surface area contributed by atoms with Gasteiger partial charge in [0, 0.05) is 20.1 Å². The summed E-state index contributed by atoms with van der Waals surface area (Å²) in [5, 5.41) is 22.7. The van der Waals surface area contributed by atoms with Crippen molar-refractivity contribution >= 4 is 11.8 Å². The molecule has 0 aromatic carbocycles. The highest BCUT2D eigenvalue weighted by Gasteiger charge is 2.20. The summed E-state index contributed by atoms with van der Waals surface area (Å²) in [6.07, 6.45) is 0.861. The summed E-state index contributed by atoms with van der Waals surface area (Å²) >= 11 is 0. The molecule has 0 radical (unpaired) electrons. The molecule has 0 fully saturated rings. The van der Waals surface area contributed by atoms with Crippen LogP contribution in [0.2, 0.25) is 0 Å². The van der Waals surface area contributed by atoms with E-state index in [-0.39, 0.29) is 19.1 Å². The van der Waals surface area contributed by atoms with Crippen molar-refractivity contribution < 1.29 is 24.5 Å². The fourth-order valence-corrected chi connectivity index (χ4v) is 1.28. The van der Waals surface area contributed by atoms with Gasteiger partial charge in [-0.3, -0.25) is 9.59 Å². The van der Waals surface area contributed by atoms with Crippen LogP contribution in [-0.2, 0) is 14.3 Å². The normalized spacial score (nSPS) is 13.7. The highest BCUT2D eigenvalue weighted by atomic mass is 16.5. The van der Waals surface area contributed by atoms with E-state index in [0.29, 0.717) is 6.61 Å². The molecule has 19 heavy (non-hydrogen) atoms. The molecule has 2 atom stereocenters. The minimum absolute atomic E-state index is 0.0691. The summed E-state index contributed by atoms with van der Waals surface area (Å²) in [5.41, 5.74) is 0. The quantitative estimate of drug-likeness (QED) is 0.374. The molecule has 0 aromatic heterocycles. The Bertz CT molecular complexity index is 273. The third kappa shape index (κ3) is 9.40. The maximum absolute atomic E-state index is 11.8. The Morgan fingerprint density at radius 3 is 2.58 bits per heavy atom. The highest BCUT2D eigenvalue weighted by Crippen LogP contribution is 1.92. The van der Waals surface area contributed by atoms with Gasteiger partial charge in [0.2, 0.25) is 11.8 Å². The Labute approximate surface area is 113 Å². The topological polar surface area (TPSA) is 108 Å². The third-order valence-corrected chi connectivity index (χ3v) is 2.34. The van der Waals surface area contributed by atoms with Gasteiger partial charge in [0.1, 0.15) is 6.04 Å². The van der Waals surface area contributed by atoms with Crippen molar-refractivity contribution in [1.29, 1.82) is 0 Å². The Balaban J connectivity index is 4.15. The monoisotopic (exact) mass is 276 g/mol. The fourth-order valence-electron chi connectivity index (χ4n) is 1.28. The molecule has 0 aliphatic carbocycles. The molecular formula is C12H24N2O5. The van der Waals surface area contributed by atoms with Gasteiger partial charge in [-0.25, -0.2) is 0 Å². The van der Waals surface area contributed by atoms with Gasteiger partial charge in [0.15, 0.2) is 0 Å². The van der Waals surface area contributed by atoms with E-state index in [2.05, 4.69) is 10.6 Å². The van der Waals surface area contributed by atoms with Gasteiger partial charge >= 0.3 is 0 Å². The number of unbranched alkanes of at least 4 members (excludes halogenated alkanes) is 1. The number of amides is 2. The van der Waals surface area contributed by atoms with E-state index in [4.69, 9.17) is 14.9 Å². The van der Waals surface area contributed by atoms with Crippen LogP contribution in [0.25, 0.3) is 0 Å². The maximum atomic E-state index is 11.8. The smallest absolute Gasteiger partial charge is 0.245 e. The van der Waals surface area contributed by atoms with Crippen molar-refractivity contribution in [1.82, 2.24) is 10.6 Å². The minimum Gasteiger partial charge on any atom is -0.394 e. The largest absolute Gasteiger partial charge is 0.394 e. The lowest BCUT2D eigenvalue weighted by Gasteiger charge is -2.18. The molecule has 0 aromatic rings. The minimum atomic E-state index is -1.01. The zero-order valence-electron chi connectivity index (χ0n) is 11.5. The summed E-state index contributed by atoms with van der Waals surface area (Å²) in [6.45, 7) is 3.45. The molecule has 0 saturated heterocycles. The number of hydrogen-bond acceptors (Lipinski definition) is 5. The zero-order valence-corrected chi connectivity index (χ0v) is 11.5. The number of nitrogens with one attached hydrogen (secondary N) is 2. The Hall–Kier alpha value is -1.18. The lowest BCUT2D eigenvalue weighted by molar-refractivity contribution is -0.130. The Morgan fingerprint density at radius 1 is 1.37 bits per heavy atom. The standard InChI is InChI=1S/C12H24N2O5/c1-3-4-5-19-8-11(14-9(2)16)12(18)13-6-10(17)7-15/h10-11,15,17H,3-8H2,1-2H3,(H,13,18)(H,14,16)/t10?,11-/m1/s1. The molecule has 0 rings (SSSR count). The molecule has 0 heterocycles. The number of carbonyl (C=O) groups excluding carboxylic acids is 2. The highest BCUT2D eigenvalue weighted by molar-refractivity contribution is 5.86. The zero-order chi connectivity index (χ0) is 14.7. The van der Waals surface area contributed by atoms with Crippen molar-refractivity contribution in [2.45, 2.75) is 38.8 Å². The van der Waals surface area contributed by atoms with Gasteiger partial charge in [-0.2, -0.15) is 0 Å². The lowest BCUT2D eigenvalue weighted by atomic mass is 10.2. The number of aliphatic hydroxyl groups excluding tert-OH is 2. The molecule has 2 amide bonds. The van der Waals surface area contributed by atoms with Crippen LogP contribution < -0.4 is 10.6 Å². The van der Waals surface area contributed by atoms with Crippen LogP contribution in [0.1, 0.15) is 26.7 Å². The van der Waals surface area contributed by atoms with Crippen molar-refractivity contribution in [2.75, 3.05) is 26.4 Å². The first kappa shape index (κ1) is 17.8. The Kier molecular flexibility index (Phi) is 10.1. The van der Waals surface area contributed by atoms with Crippen LogP contribution in [0.15, 0.2) is 0 Å². The third-order valence-electron chi connectivity index (χ3n) is 2.34. The van der Waals surface area contributed by atoms with E-state index in [1.54, 1.807) is 0 Å². The first-order chi connectivity index (χ1) is 9.01. The van der Waals surface area contributed by atoms with Crippen molar-refractivity contribution in [2.24, 2.45) is 0 Å². The summed E-state index contributed by atoms with van der Waals surface area (Å²) < 4.78 is 5.30. The summed E-state index contributed by atoms with van der Waals surface area (Å²) in [7, 11) is 0. The second-order valence-electron chi connectivity index (χ2n) is 4.26. The second-order valence-corrected chi connectivity index (χ2v) is 4.26. The molecular weight excluding hydrogens is 252 g/mol. The molecule has 7 nitrogen and oxygen atoms in total. The van der Waals surface area contributed by atoms with E-state index < -0.39 is 24.7 Å². The number of ether oxygens (including phenoxy) is 1. The number of hydrogen-bond donors (Lipinski definition) is 4. The average Bonchev–Trinajstić information content (AvgIpc) is 2.38. The molecule has 0 aliphatic heterocycles. The van der Waals surface area contributed by atoms with Crippen molar-refractivity contribution in [3.8, 4) is 0 Å². The lowest BCUT2D eigenvalue weighted by Crippen LogP contribution is -2.50. The molecule has 0 saturated carbocycles. The van der Waals surface area contributed by atoms with E-state index >= 15 is 0 Å². The van der Waals surface area contributed by atoms with E-state index in [1.165, 1.54) is 6.92 Å². The van der Waals surface area contributed by atoms with Gasteiger partial charge in [-0.15, -0.1) is 0 Å². The van der Waals surface area contributed by atoms with E-state index in [0.717, 1.165) is 12.8 Å². The molecule has 1 unspecified atom stereocenters. The maximum Gasteiger partial charge on any atom is 0.245 e. The molecule has 112 valence electrons. The summed E-state index contributed by atoms with van der Waals surface area (Å²) in [5.74, 6) is -0.777. The van der Waals surface area contributed by atoms with Gasteiger partial charge in [0.05, 0.1) is 19.3 Å². The molecule has 0 spiro atoms. The number of carbonyl (C=O) groups is 2. The van der Waals surface area contributed by atoms with Crippen molar-refractivity contribution in [3.05, 3.63) is 0 Å². The van der Waals surface area contributed by atoms with Gasteiger partial charge < -0.3 is 25.6 Å². The van der Waals surface area contributed by atoms with Gasteiger partial charge in [-0.1, -0.05) is 13.3 Å². The van der Waals surface area contributed by atoms with E-state index in [9.17, 15) is 9.59 Å². The summed E-state index contributed by atoms with van der Waals surface area (Å²) in [4.78, 5) is 22.8. The number of rotatable bonds is 10. The predicted molar refractivity (Wildman–Crippen MR) is 69.4 cm³/mol. The SMILES string of the molecule is CCCCOC[C@@H](NC(C)=O)C(=O)NCC(O)CO. The van der Waals surface area contributed by atoms with Crippen LogP contribution in [0.5, 0.6) is 0 Å². The first-order valence-corrected chi connectivity index (χ1v) is 6.42. The number of aliphatic hydroxyl groups is 2. The Morgan fingerprint density at radius 2 is 2.05 bits per heavy atom. The van der Waals surface area contributed by atoms with Crippen LogP contribution in [0.4, 0.5) is 0 Å². The first-order valence-electron chi connectivity index (χ1n) is 6.42. The second kappa shape index (κ2) is 10.7. The predicted octanol–water partition coefficient (Wildman–Crippen LogP) is -1.22. The fraction of sp³-hybridized carbons (Fsp3) is 0.833. The molecule has 4 N–H and O–H groups in total.